The van der Waals surface area contributed by atoms with E-state index >= 15 is 0 Å². The number of carboxylic acid groups (broad SMARTS) is 1. The second kappa shape index (κ2) is 14.5. The minimum Gasteiger partial charge on any atom is -0.483 e. The van der Waals surface area contributed by atoms with Crippen LogP contribution >= 0.6 is 0 Å². The zero-order valence-electron chi connectivity index (χ0n) is 12.4. The number of nitrogens with zero attached hydrogens (tertiary/aromatic N) is 1. The molecule has 130 valence electrons. The molecule has 0 unspecified atom stereocenters. The van der Waals surface area contributed by atoms with Crippen LogP contribution in [-0.4, -0.2) is 31.5 Å². The van der Waals surface area contributed by atoms with Gasteiger partial charge >= 0.3 is 10.5 Å². The van der Waals surface area contributed by atoms with Gasteiger partial charge in [-0.2, -0.15) is 13.2 Å². The van der Waals surface area contributed by atoms with E-state index in [-0.39, 0.29) is 12.2 Å². The standard InChI is InChI=1S/C11H15FN2O2.CH2O2.HNO2S/c1-2-3-6-13-8-9-4-5-10(14(15)16)7-11(9)12;2-1-3;1-4(2)3/h4-5,7,13H,2-3,6,8H2,1H3;1H,(H,2,3);1H. The lowest BCUT2D eigenvalue weighted by Gasteiger charge is -2.04. The zero-order chi connectivity index (χ0) is 18.3. The zero-order valence-corrected chi connectivity index (χ0v) is 13.2. The molecule has 0 heterocycles. The first-order valence-corrected chi connectivity index (χ1v) is 7.39. The minimum atomic E-state index is -2.61. The van der Waals surface area contributed by atoms with Crippen LogP contribution in [0.15, 0.2) is 18.2 Å². The van der Waals surface area contributed by atoms with Crippen LogP contribution < -0.4 is 5.32 Å². The van der Waals surface area contributed by atoms with Crippen molar-refractivity contribution in [3.63, 3.8) is 0 Å². The highest BCUT2D eigenvalue weighted by molar-refractivity contribution is 7.60. The average Bonchev–Trinajstić information content (AvgIpc) is 2.45. The molecule has 3 N–H and O–H groups in total. The third-order valence-electron chi connectivity index (χ3n) is 2.27. The number of non-ortho nitro benzene ring substituents is 1. The number of benzene rings is 1. The van der Waals surface area contributed by atoms with Gasteiger partial charge in [-0.05, 0) is 19.0 Å². The molecule has 1 rings (SSSR count). The smallest absolute Gasteiger partial charge is 0.308 e. The van der Waals surface area contributed by atoms with E-state index < -0.39 is 21.2 Å². The Hall–Kier alpha value is -2.40. The maximum Gasteiger partial charge on any atom is 0.308 e. The summed E-state index contributed by atoms with van der Waals surface area (Å²) in [7, 11) is -2.61. The molecule has 0 radical (unpaired) electrons. The highest BCUT2D eigenvalue weighted by Gasteiger charge is 2.09. The number of unbranched alkanes of at least 4 members (excludes halogenated alkanes) is 1. The van der Waals surface area contributed by atoms with E-state index in [9.17, 15) is 14.5 Å². The summed E-state index contributed by atoms with van der Waals surface area (Å²) < 4.78 is 36.2. The maximum absolute atomic E-state index is 13.4. The van der Waals surface area contributed by atoms with Gasteiger partial charge in [-0.25, -0.2) is 4.39 Å². The molecule has 1 aromatic carbocycles. The monoisotopic (exact) mass is 351 g/mol. The van der Waals surface area contributed by atoms with Crippen LogP contribution in [0.1, 0.15) is 25.3 Å². The Balaban J connectivity index is 0. The first-order valence-electron chi connectivity index (χ1n) is 6.31. The van der Waals surface area contributed by atoms with Gasteiger partial charge in [0.2, 0.25) is 0 Å². The molecule has 0 saturated carbocycles. The Kier molecular flexibility index (Phi) is 14.5. The van der Waals surface area contributed by atoms with Crippen molar-refractivity contribution in [1.29, 1.82) is 4.78 Å². The largest absolute Gasteiger partial charge is 0.483 e. The second-order valence-electron chi connectivity index (χ2n) is 3.90. The predicted molar refractivity (Wildman–Crippen MR) is 80.0 cm³/mol. The third kappa shape index (κ3) is 14.3. The van der Waals surface area contributed by atoms with Crippen molar-refractivity contribution in [1.82, 2.24) is 5.32 Å². The molecule has 0 amide bonds. The van der Waals surface area contributed by atoms with Crippen LogP contribution in [0.5, 0.6) is 0 Å². The van der Waals surface area contributed by atoms with Crippen LogP contribution in [0.4, 0.5) is 10.1 Å². The number of nitrogens with one attached hydrogen (secondary N) is 2. The van der Waals surface area contributed by atoms with Crippen LogP contribution in [0.3, 0.4) is 0 Å². The van der Waals surface area contributed by atoms with Gasteiger partial charge in [0.25, 0.3) is 12.2 Å². The molecular formula is C12H18FN3O6S. The van der Waals surface area contributed by atoms with Crippen LogP contribution in [0, 0.1) is 20.7 Å². The first-order chi connectivity index (χ1) is 10.8. The van der Waals surface area contributed by atoms with Gasteiger partial charge in [0.05, 0.1) is 11.0 Å². The fourth-order valence-corrected chi connectivity index (χ4v) is 1.32. The van der Waals surface area contributed by atoms with E-state index in [0.29, 0.717) is 12.1 Å². The highest BCUT2D eigenvalue weighted by atomic mass is 32.2. The van der Waals surface area contributed by atoms with E-state index in [4.69, 9.17) is 23.1 Å². The van der Waals surface area contributed by atoms with E-state index in [1.54, 1.807) is 0 Å². The van der Waals surface area contributed by atoms with Gasteiger partial charge in [0, 0.05) is 18.2 Å². The number of halogens is 1. The summed E-state index contributed by atoms with van der Waals surface area (Å²) in [6, 6.07) is 3.73. The molecule has 0 atom stereocenters. The van der Waals surface area contributed by atoms with Crippen molar-refractivity contribution in [2.75, 3.05) is 6.54 Å². The Morgan fingerprint density at radius 1 is 1.48 bits per heavy atom. The third-order valence-corrected chi connectivity index (χ3v) is 2.27. The van der Waals surface area contributed by atoms with Crippen molar-refractivity contribution in [2.24, 2.45) is 0 Å². The summed E-state index contributed by atoms with van der Waals surface area (Å²) >= 11 is 0. The Morgan fingerprint density at radius 3 is 2.39 bits per heavy atom. The quantitative estimate of drug-likeness (QED) is 0.307. The average molecular weight is 351 g/mol. The van der Waals surface area contributed by atoms with E-state index in [1.807, 2.05) is 0 Å². The van der Waals surface area contributed by atoms with Crippen LogP contribution in [0.25, 0.3) is 0 Å². The molecule has 0 spiro atoms. The Morgan fingerprint density at radius 2 is 2.00 bits per heavy atom. The minimum absolute atomic E-state index is 0.213. The summed E-state index contributed by atoms with van der Waals surface area (Å²) in [4.78, 5) is 18.1. The summed E-state index contributed by atoms with van der Waals surface area (Å²) in [5.41, 5.74) is 0.247. The van der Waals surface area contributed by atoms with E-state index in [2.05, 4.69) is 12.2 Å². The summed E-state index contributed by atoms with van der Waals surface area (Å²) in [5.74, 6) is -0.529. The summed E-state index contributed by atoms with van der Waals surface area (Å²) in [5, 5.41) is 20.4. The number of carbonyl (C=O) groups is 1. The molecule has 11 heteroatoms. The number of hydrogen-bond acceptors (Lipinski definition) is 7. The number of hydrogen-bond donors (Lipinski definition) is 3. The SMILES string of the molecule is CCCCNCc1ccc([N+](=O)[O-])cc1F.N=S(=O)=O.O=CO. The predicted octanol–water partition coefficient (Wildman–Crippen LogP) is 1.95. The molecule has 0 aliphatic heterocycles. The normalized spacial score (nSPS) is 8.78. The molecule has 0 saturated heterocycles. The lowest BCUT2D eigenvalue weighted by molar-refractivity contribution is -0.385. The Bertz CT molecular complexity index is 587. The number of rotatable bonds is 6. The van der Waals surface area contributed by atoms with Gasteiger partial charge in [0.1, 0.15) is 5.82 Å². The van der Waals surface area contributed by atoms with E-state index in [0.717, 1.165) is 25.5 Å². The lowest BCUT2D eigenvalue weighted by Crippen LogP contribution is -2.15. The molecule has 0 aliphatic carbocycles. The number of nitro groups is 1. The van der Waals surface area contributed by atoms with Gasteiger partial charge in [-0.1, -0.05) is 13.3 Å². The molecule has 1 aromatic rings. The Labute approximate surface area is 133 Å². The van der Waals surface area contributed by atoms with Gasteiger partial charge < -0.3 is 10.4 Å². The van der Waals surface area contributed by atoms with Crippen molar-refractivity contribution in [3.8, 4) is 0 Å². The summed E-state index contributed by atoms with van der Waals surface area (Å²) in [6.45, 7) is 3.06. The molecule has 0 aromatic heterocycles. The van der Waals surface area contributed by atoms with Crippen molar-refractivity contribution < 1.29 is 27.6 Å². The van der Waals surface area contributed by atoms with Crippen molar-refractivity contribution >= 4 is 22.7 Å². The van der Waals surface area contributed by atoms with Gasteiger partial charge in [0.15, 0.2) is 0 Å². The fourth-order valence-electron chi connectivity index (χ4n) is 1.32. The van der Waals surface area contributed by atoms with Gasteiger partial charge in [-0.3, -0.25) is 14.9 Å². The molecule has 0 fully saturated rings. The van der Waals surface area contributed by atoms with E-state index in [1.165, 1.54) is 12.1 Å². The molecule has 0 bridgehead atoms. The molecule has 23 heavy (non-hydrogen) atoms. The summed E-state index contributed by atoms with van der Waals surface area (Å²) in [6.07, 6.45) is 2.12. The second-order valence-corrected chi connectivity index (χ2v) is 4.37. The van der Waals surface area contributed by atoms with Gasteiger partial charge in [-0.15, -0.1) is 0 Å². The molecule has 9 nitrogen and oxygen atoms in total. The fraction of sp³-hybridized carbons (Fsp3) is 0.417. The number of nitro benzene ring substituents is 1. The lowest BCUT2D eigenvalue weighted by atomic mass is 10.2. The molecular weight excluding hydrogens is 333 g/mol. The highest BCUT2D eigenvalue weighted by Crippen LogP contribution is 2.16. The topological polar surface area (TPSA) is 150 Å². The van der Waals surface area contributed by atoms with Crippen LogP contribution in [-0.2, 0) is 21.8 Å². The van der Waals surface area contributed by atoms with Crippen LogP contribution in [0.2, 0.25) is 0 Å². The maximum atomic E-state index is 13.4. The van der Waals surface area contributed by atoms with Crippen molar-refractivity contribution in [3.05, 3.63) is 39.7 Å². The molecule has 0 aliphatic rings. The first kappa shape index (κ1) is 22.9. The van der Waals surface area contributed by atoms with Crippen molar-refractivity contribution in [2.45, 2.75) is 26.3 Å².